The van der Waals surface area contributed by atoms with E-state index in [9.17, 15) is 24.3 Å². The number of carboxylic acid groups (broad SMARTS) is 1. The number of nitrogens with one attached hydrogen (secondary N) is 1. The number of aromatic carboxylic acids is 1. The molecule has 0 aliphatic carbocycles. The molecule has 1 N–H and O–H groups in total. The normalized spacial score (nSPS) is 17.3. The van der Waals surface area contributed by atoms with E-state index in [-0.39, 0.29) is 12.2 Å². The highest BCUT2D eigenvalue weighted by atomic mass is 32.2. The van der Waals surface area contributed by atoms with Gasteiger partial charge in [-0.3, -0.25) is 19.3 Å². The Kier molecular flexibility index (Phi) is 5.22. The predicted molar refractivity (Wildman–Crippen MR) is 79.5 cm³/mol. The molecule has 122 valence electrons. The minimum Gasteiger partial charge on any atom is -0.545 e. The molecule has 2 rings (SSSR count). The zero-order chi connectivity index (χ0) is 17.0. The zero-order valence-electron chi connectivity index (χ0n) is 12.1. The Bertz CT molecular complexity index is 645. The summed E-state index contributed by atoms with van der Waals surface area (Å²) in [6.07, 6.45) is 0. The quantitative estimate of drug-likeness (QED) is 0.724. The number of benzene rings is 1. The molecule has 1 saturated heterocycles. The summed E-state index contributed by atoms with van der Waals surface area (Å²) in [6, 6.07) is 5.55. The molecule has 1 heterocycles. The molecule has 1 fully saturated rings. The fourth-order valence-electron chi connectivity index (χ4n) is 1.87. The molecule has 2 amide bonds. The van der Waals surface area contributed by atoms with E-state index >= 15 is 0 Å². The van der Waals surface area contributed by atoms with Crippen LogP contribution in [0.2, 0.25) is 0 Å². The van der Waals surface area contributed by atoms with Crippen molar-refractivity contribution in [3.8, 4) is 0 Å². The maximum absolute atomic E-state index is 12.1. The van der Waals surface area contributed by atoms with Gasteiger partial charge in [-0.25, -0.2) is 0 Å². The van der Waals surface area contributed by atoms with Gasteiger partial charge in [0.2, 0.25) is 0 Å². The standard InChI is InChI=1S/C14H14N2O6S/c1-2-22-10(17)7-16-12(18)11(23-14(16)21)15-9-5-3-8(4-6-9)13(19)20/h3-6,11,15H,2,7H2,1H3,(H,19,20)/p-1/t11-/m0/s1. The Morgan fingerprint density at radius 3 is 2.52 bits per heavy atom. The molecule has 0 radical (unpaired) electrons. The Morgan fingerprint density at radius 2 is 1.96 bits per heavy atom. The summed E-state index contributed by atoms with van der Waals surface area (Å²) in [5.41, 5.74) is 0.465. The summed E-state index contributed by atoms with van der Waals surface area (Å²) in [7, 11) is 0. The van der Waals surface area contributed by atoms with Gasteiger partial charge in [0.05, 0.1) is 12.6 Å². The summed E-state index contributed by atoms with van der Waals surface area (Å²) >= 11 is 0.737. The lowest BCUT2D eigenvalue weighted by Crippen LogP contribution is -2.38. The summed E-state index contributed by atoms with van der Waals surface area (Å²) in [5.74, 6) is -2.52. The van der Waals surface area contributed by atoms with E-state index < -0.39 is 35.0 Å². The lowest BCUT2D eigenvalue weighted by molar-refractivity contribution is -0.255. The third kappa shape index (κ3) is 4.01. The number of thioether (sulfide) groups is 1. The number of carboxylic acids is 1. The molecule has 0 unspecified atom stereocenters. The molecule has 1 aliphatic rings. The van der Waals surface area contributed by atoms with Crippen molar-refractivity contribution < 1.29 is 29.0 Å². The van der Waals surface area contributed by atoms with E-state index in [1.807, 2.05) is 0 Å². The first-order chi connectivity index (χ1) is 10.9. The van der Waals surface area contributed by atoms with Crippen molar-refractivity contribution in [1.82, 2.24) is 4.90 Å². The van der Waals surface area contributed by atoms with Crippen molar-refractivity contribution >= 4 is 40.5 Å². The van der Waals surface area contributed by atoms with Gasteiger partial charge in [0.1, 0.15) is 6.54 Å². The molecular formula is C14H13N2O6S-. The highest BCUT2D eigenvalue weighted by Gasteiger charge is 2.40. The minimum absolute atomic E-state index is 0.000894. The first kappa shape index (κ1) is 16.8. The van der Waals surface area contributed by atoms with Crippen molar-refractivity contribution in [2.75, 3.05) is 18.5 Å². The van der Waals surface area contributed by atoms with Crippen molar-refractivity contribution in [2.45, 2.75) is 12.3 Å². The molecular weight excluding hydrogens is 324 g/mol. The minimum atomic E-state index is -1.31. The van der Waals surface area contributed by atoms with Gasteiger partial charge in [-0.05, 0) is 36.4 Å². The largest absolute Gasteiger partial charge is 0.545 e. The highest BCUT2D eigenvalue weighted by Crippen LogP contribution is 2.28. The van der Waals surface area contributed by atoms with Crippen LogP contribution in [0.1, 0.15) is 17.3 Å². The first-order valence-corrected chi connectivity index (χ1v) is 7.56. The number of hydrogen-bond acceptors (Lipinski definition) is 8. The molecule has 0 aromatic heterocycles. The molecule has 0 saturated carbocycles. The van der Waals surface area contributed by atoms with Gasteiger partial charge >= 0.3 is 5.97 Å². The van der Waals surface area contributed by atoms with Gasteiger partial charge < -0.3 is 20.0 Å². The maximum Gasteiger partial charge on any atom is 0.326 e. The van der Waals surface area contributed by atoms with E-state index in [1.165, 1.54) is 24.3 Å². The number of nitrogens with zero attached hydrogens (tertiary/aromatic N) is 1. The van der Waals surface area contributed by atoms with E-state index in [0.29, 0.717) is 5.69 Å². The van der Waals surface area contributed by atoms with Crippen LogP contribution in [0.4, 0.5) is 10.5 Å². The number of rotatable bonds is 6. The topological polar surface area (TPSA) is 116 Å². The lowest BCUT2D eigenvalue weighted by atomic mass is 10.2. The van der Waals surface area contributed by atoms with Crippen LogP contribution < -0.4 is 10.4 Å². The molecule has 1 aromatic rings. The third-order valence-electron chi connectivity index (χ3n) is 2.94. The van der Waals surface area contributed by atoms with E-state index in [1.54, 1.807) is 6.92 Å². The number of carbonyl (C=O) groups excluding carboxylic acids is 4. The summed E-state index contributed by atoms with van der Waals surface area (Å²) in [6.45, 7) is 1.36. The Hall–Kier alpha value is -2.55. The van der Waals surface area contributed by atoms with E-state index in [0.717, 1.165) is 16.7 Å². The van der Waals surface area contributed by atoms with Crippen LogP contribution in [0, 0.1) is 0 Å². The Morgan fingerprint density at radius 1 is 1.30 bits per heavy atom. The predicted octanol–water partition coefficient (Wildman–Crippen LogP) is 0.0466. The number of ether oxygens (including phenoxy) is 1. The van der Waals surface area contributed by atoms with Crippen LogP contribution in [0.3, 0.4) is 0 Å². The monoisotopic (exact) mass is 337 g/mol. The average molecular weight is 337 g/mol. The van der Waals surface area contributed by atoms with Crippen LogP contribution in [-0.4, -0.2) is 46.5 Å². The second kappa shape index (κ2) is 7.14. The molecule has 1 atom stereocenters. The number of anilines is 1. The number of hydrogen-bond donors (Lipinski definition) is 1. The van der Waals surface area contributed by atoms with Gasteiger partial charge in [0, 0.05) is 5.69 Å². The van der Waals surface area contributed by atoms with Crippen LogP contribution in [-0.2, 0) is 14.3 Å². The molecule has 9 heteroatoms. The average Bonchev–Trinajstić information content (AvgIpc) is 2.76. The van der Waals surface area contributed by atoms with Crippen molar-refractivity contribution in [2.24, 2.45) is 0 Å². The van der Waals surface area contributed by atoms with Crippen LogP contribution >= 0.6 is 11.8 Å². The summed E-state index contributed by atoms with van der Waals surface area (Å²) < 4.78 is 4.71. The maximum atomic E-state index is 12.1. The highest BCUT2D eigenvalue weighted by molar-refractivity contribution is 8.15. The Balaban J connectivity index is 2.01. The molecule has 23 heavy (non-hydrogen) atoms. The number of carbonyl (C=O) groups is 4. The smallest absolute Gasteiger partial charge is 0.326 e. The first-order valence-electron chi connectivity index (χ1n) is 6.68. The summed E-state index contributed by atoms with van der Waals surface area (Å²) in [5, 5.41) is 12.0. The molecule has 0 spiro atoms. The second-order valence-corrected chi connectivity index (χ2v) is 5.56. The summed E-state index contributed by atoms with van der Waals surface area (Å²) in [4.78, 5) is 46.8. The van der Waals surface area contributed by atoms with Crippen LogP contribution in [0.15, 0.2) is 24.3 Å². The van der Waals surface area contributed by atoms with Crippen LogP contribution in [0.25, 0.3) is 0 Å². The lowest BCUT2D eigenvalue weighted by Gasteiger charge is -2.14. The van der Waals surface area contributed by atoms with Crippen molar-refractivity contribution in [3.05, 3.63) is 29.8 Å². The van der Waals surface area contributed by atoms with Gasteiger partial charge in [0.15, 0.2) is 5.37 Å². The number of amides is 2. The van der Waals surface area contributed by atoms with Gasteiger partial charge in [-0.1, -0.05) is 12.1 Å². The Labute approximate surface area is 135 Å². The van der Waals surface area contributed by atoms with E-state index in [4.69, 9.17) is 4.74 Å². The fourth-order valence-corrected chi connectivity index (χ4v) is 2.78. The SMILES string of the molecule is CCOC(=O)CN1C(=O)S[C@H](Nc2ccc(C(=O)[O-])cc2)C1=O. The number of esters is 1. The van der Waals surface area contributed by atoms with Gasteiger partial charge in [-0.15, -0.1) is 0 Å². The third-order valence-corrected chi connectivity index (χ3v) is 3.92. The van der Waals surface area contributed by atoms with E-state index in [2.05, 4.69) is 5.32 Å². The van der Waals surface area contributed by atoms with Crippen molar-refractivity contribution in [3.63, 3.8) is 0 Å². The zero-order valence-corrected chi connectivity index (χ0v) is 12.9. The number of imide groups is 1. The molecule has 1 aromatic carbocycles. The molecule has 0 bridgehead atoms. The van der Waals surface area contributed by atoms with Crippen molar-refractivity contribution in [1.29, 1.82) is 0 Å². The molecule has 8 nitrogen and oxygen atoms in total. The van der Waals surface area contributed by atoms with Gasteiger partial charge in [0.25, 0.3) is 11.1 Å². The second-order valence-electron chi connectivity index (χ2n) is 4.50. The van der Waals surface area contributed by atoms with Gasteiger partial charge in [-0.2, -0.15) is 0 Å². The molecule has 1 aliphatic heterocycles. The van der Waals surface area contributed by atoms with Crippen LogP contribution in [0.5, 0.6) is 0 Å². The fraction of sp³-hybridized carbons (Fsp3) is 0.286.